The van der Waals surface area contributed by atoms with Gasteiger partial charge in [0.2, 0.25) is 0 Å². The van der Waals surface area contributed by atoms with E-state index in [4.69, 9.17) is 9.47 Å². The Morgan fingerprint density at radius 3 is 2.70 bits per heavy atom. The largest absolute Gasteiger partial charge is 0.493 e. The molecule has 1 aliphatic heterocycles. The molecule has 0 saturated heterocycles. The summed E-state index contributed by atoms with van der Waals surface area (Å²) < 4.78 is 38.0. The van der Waals surface area contributed by atoms with E-state index in [1.165, 1.54) is 13.2 Å². The highest BCUT2D eigenvalue weighted by atomic mass is 32.2. The van der Waals surface area contributed by atoms with Gasteiger partial charge in [-0.25, -0.2) is 13.1 Å². The van der Waals surface area contributed by atoms with Gasteiger partial charge in [-0.2, -0.15) is 0 Å². The lowest BCUT2D eigenvalue weighted by atomic mass is 9.84. The minimum absolute atomic E-state index is 0.0807. The highest BCUT2D eigenvalue weighted by molar-refractivity contribution is 7.90. The quantitative estimate of drug-likeness (QED) is 0.904. The summed E-state index contributed by atoms with van der Waals surface area (Å²) in [6.07, 6.45) is 4.52. The average molecular weight is 339 g/mol. The molecular formula is C16H21NO5S. The number of carbonyl (C=O) groups excluding carboxylic acids is 1. The zero-order valence-electron chi connectivity index (χ0n) is 13.1. The van der Waals surface area contributed by atoms with Crippen molar-refractivity contribution < 1.29 is 22.7 Å². The zero-order valence-corrected chi connectivity index (χ0v) is 13.9. The first kappa shape index (κ1) is 16.3. The van der Waals surface area contributed by atoms with Gasteiger partial charge >= 0.3 is 0 Å². The highest BCUT2D eigenvalue weighted by Crippen LogP contribution is 2.32. The summed E-state index contributed by atoms with van der Waals surface area (Å²) in [5, 5.41) is 0. The van der Waals surface area contributed by atoms with E-state index < -0.39 is 21.5 Å². The summed E-state index contributed by atoms with van der Waals surface area (Å²) >= 11 is 0. The van der Waals surface area contributed by atoms with Crippen LogP contribution in [0.1, 0.15) is 37.7 Å². The van der Waals surface area contributed by atoms with Crippen LogP contribution in [0.4, 0.5) is 0 Å². The van der Waals surface area contributed by atoms with Gasteiger partial charge in [-0.15, -0.1) is 0 Å². The predicted octanol–water partition coefficient (Wildman–Crippen LogP) is 1.78. The molecule has 0 atom stereocenters. The van der Waals surface area contributed by atoms with Crippen LogP contribution in [0.2, 0.25) is 0 Å². The molecule has 0 spiro atoms. The molecular weight excluding hydrogens is 318 g/mol. The van der Waals surface area contributed by atoms with Gasteiger partial charge in [-0.3, -0.25) is 4.79 Å². The Hall–Kier alpha value is -1.60. The van der Waals surface area contributed by atoms with Crippen LogP contribution in [-0.4, -0.2) is 33.6 Å². The fourth-order valence-corrected chi connectivity index (χ4v) is 4.34. The molecule has 0 bridgehead atoms. The number of benzene rings is 1. The molecule has 0 aromatic heterocycles. The van der Waals surface area contributed by atoms with Crippen LogP contribution in [0, 0.1) is 0 Å². The van der Waals surface area contributed by atoms with Crippen molar-refractivity contribution in [3.63, 3.8) is 0 Å². The summed E-state index contributed by atoms with van der Waals surface area (Å²) in [5.41, 5.74) is -0.190. The molecule has 1 N–H and O–H groups in total. The first-order valence-corrected chi connectivity index (χ1v) is 9.33. The van der Waals surface area contributed by atoms with Gasteiger partial charge in [0.05, 0.1) is 11.5 Å². The molecule has 2 aliphatic rings. The number of hydrogen-bond acceptors (Lipinski definition) is 5. The fraction of sp³-hybridized carbons (Fsp3) is 0.562. The van der Waals surface area contributed by atoms with Crippen LogP contribution in [0.15, 0.2) is 23.1 Å². The van der Waals surface area contributed by atoms with Crippen molar-refractivity contribution in [2.45, 2.75) is 49.0 Å². The van der Waals surface area contributed by atoms with Crippen LogP contribution in [0.25, 0.3) is 0 Å². The van der Waals surface area contributed by atoms with Gasteiger partial charge < -0.3 is 9.47 Å². The number of nitrogens with one attached hydrogen (secondary N) is 1. The molecule has 7 heteroatoms. The lowest BCUT2D eigenvalue weighted by Gasteiger charge is -2.34. The molecule has 1 fully saturated rings. The zero-order chi connectivity index (χ0) is 16.5. The molecule has 1 aliphatic carbocycles. The Labute approximate surface area is 136 Å². The number of fused-ring (bicyclic) bond motifs is 1. The van der Waals surface area contributed by atoms with Crippen molar-refractivity contribution in [1.29, 1.82) is 0 Å². The summed E-state index contributed by atoms with van der Waals surface area (Å²) in [6, 6.07) is 4.66. The van der Waals surface area contributed by atoms with Gasteiger partial charge in [0.1, 0.15) is 11.4 Å². The molecule has 1 aromatic rings. The summed E-state index contributed by atoms with van der Waals surface area (Å²) in [5.74, 6) is 0.132. The molecule has 0 radical (unpaired) electrons. The van der Waals surface area contributed by atoms with Gasteiger partial charge in [0, 0.05) is 13.5 Å². The Morgan fingerprint density at radius 2 is 2.00 bits per heavy atom. The number of amides is 1. The first-order valence-electron chi connectivity index (χ1n) is 7.85. The Bertz CT molecular complexity index is 707. The van der Waals surface area contributed by atoms with Crippen LogP contribution in [0.5, 0.6) is 5.75 Å². The number of hydrogen-bond donors (Lipinski definition) is 1. The molecule has 1 saturated carbocycles. The van der Waals surface area contributed by atoms with Crippen molar-refractivity contribution in [2.75, 3.05) is 13.7 Å². The van der Waals surface area contributed by atoms with Crippen molar-refractivity contribution in [1.82, 2.24) is 4.72 Å². The third-order valence-electron chi connectivity index (χ3n) is 4.66. The SMILES string of the molecule is COC1(C(=O)NS(=O)(=O)c2ccc3c(c2)CCO3)CCCCC1. The molecule has 3 rings (SSSR count). The molecule has 1 heterocycles. The van der Waals surface area contributed by atoms with Crippen molar-refractivity contribution >= 4 is 15.9 Å². The second kappa shape index (κ2) is 6.13. The van der Waals surface area contributed by atoms with E-state index in [2.05, 4.69) is 4.72 Å². The van der Waals surface area contributed by atoms with E-state index in [0.717, 1.165) is 24.8 Å². The molecule has 6 nitrogen and oxygen atoms in total. The van der Waals surface area contributed by atoms with E-state index in [9.17, 15) is 13.2 Å². The Balaban J connectivity index is 1.81. The lowest BCUT2D eigenvalue weighted by Crippen LogP contribution is -2.51. The average Bonchev–Trinajstić information content (AvgIpc) is 3.02. The van der Waals surface area contributed by atoms with Gasteiger partial charge in [0.25, 0.3) is 15.9 Å². The van der Waals surface area contributed by atoms with E-state index in [0.29, 0.717) is 31.6 Å². The summed E-state index contributed by atoms with van der Waals surface area (Å²) in [6.45, 7) is 0.554. The van der Waals surface area contributed by atoms with E-state index >= 15 is 0 Å². The Morgan fingerprint density at radius 1 is 1.26 bits per heavy atom. The van der Waals surface area contributed by atoms with Gasteiger partial charge in [-0.1, -0.05) is 19.3 Å². The Kier molecular flexibility index (Phi) is 4.33. The van der Waals surface area contributed by atoms with Crippen molar-refractivity contribution in [3.8, 4) is 5.75 Å². The normalized spacial score (nSPS) is 19.7. The summed E-state index contributed by atoms with van der Waals surface area (Å²) in [4.78, 5) is 12.6. The summed E-state index contributed by atoms with van der Waals surface area (Å²) in [7, 11) is -2.45. The maximum atomic E-state index is 12.5. The second-order valence-corrected chi connectivity index (χ2v) is 7.74. The van der Waals surface area contributed by atoms with E-state index in [1.807, 2.05) is 0 Å². The lowest BCUT2D eigenvalue weighted by molar-refractivity contribution is -0.145. The van der Waals surface area contributed by atoms with Crippen LogP contribution >= 0.6 is 0 Å². The number of carbonyl (C=O) groups is 1. The third kappa shape index (κ3) is 3.07. The minimum Gasteiger partial charge on any atom is -0.493 e. The molecule has 1 amide bonds. The van der Waals surface area contributed by atoms with Crippen molar-refractivity contribution in [3.05, 3.63) is 23.8 Å². The van der Waals surface area contributed by atoms with Crippen LogP contribution in [-0.2, 0) is 26.0 Å². The third-order valence-corrected chi connectivity index (χ3v) is 5.99. The maximum absolute atomic E-state index is 12.5. The van der Waals surface area contributed by atoms with Crippen LogP contribution in [0.3, 0.4) is 0 Å². The van der Waals surface area contributed by atoms with E-state index in [1.54, 1.807) is 12.1 Å². The topological polar surface area (TPSA) is 81.7 Å². The smallest absolute Gasteiger partial charge is 0.265 e. The monoisotopic (exact) mass is 339 g/mol. The molecule has 23 heavy (non-hydrogen) atoms. The van der Waals surface area contributed by atoms with Gasteiger partial charge in [-0.05, 0) is 36.6 Å². The highest BCUT2D eigenvalue weighted by Gasteiger charge is 2.41. The minimum atomic E-state index is -3.91. The van der Waals surface area contributed by atoms with Crippen molar-refractivity contribution in [2.24, 2.45) is 0 Å². The fourth-order valence-electron chi connectivity index (χ4n) is 3.25. The number of sulfonamides is 1. The molecule has 0 unspecified atom stereocenters. The standard InChI is InChI=1S/C16H21NO5S/c1-21-16(8-3-2-4-9-16)15(18)17-23(19,20)13-5-6-14-12(11-13)7-10-22-14/h5-6,11H,2-4,7-10H2,1H3,(H,17,18). The first-order chi connectivity index (χ1) is 11.0. The van der Waals surface area contributed by atoms with E-state index in [-0.39, 0.29) is 4.90 Å². The molecule has 1 aromatic carbocycles. The van der Waals surface area contributed by atoms with Gasteiger partial charge in [0.15, 0.2) is 0 Å². The number of ether oxygens (including phenoxy) is 2. The number of rotatable bonds is 4. The second-order valence-electron chi connectivity index (χ2n) is 6.06. The van der Waals surface area contributed by atoms with Crippen LogP contribution < -0.4 is 9.46 Å². The number of methoxy groups -OCH3 is 1. The maximum Gasteiger partial charge on any atom is 0.265 e. The molecule has 126 valence electrons. The predicted molar refractivity (Wildman–Crippen MR) is 83.8 cm³/mol.